The van der Waals surface area contributed by atoms with Crippen LogP contribution in [0.25, 0.3) is 27.6 Å². The van der Waals surface area contributed by atoms with Gasteiger partial charge in [0.25, 0.3) is 5.91 Å². The number of aryl methyl sites for hydroxylation is 2. The molecule has 0 aliphatic carbocycles. The molecule has 184 valence electrons. The molecule has 0 fully saturated rings. The lowest BCUT2D eigenvalue weighted by atomic mass is 10.1. The van der Waals surface area contributed by atoms with Crippen LogP contribution in [-0.2, 0) is 32.7 Å². The Morgan fingerprint density at radius 1 is 1.08 bits per heavy atom. The van der Waals surface area contributed by atoms with Crippen molar-refractivity contribution >= 4 is 27.8 Å². The molecule has 0 unspecified atom stereocenters. The van der Waals surface area contributed by atoms with E-state index in [9.17, 15) is 18.0 Å². The molecule has 0 spiro atoms. The van der Waals surface area contributed by atoms with Gasteiger partial charge in [-0.25, -0.2) is 4.98 Å². The summed E-state index contributed by atoms with van der Waals surface area (Å²) in [6, 6.07) is 10.3. The van der Waals surface area contributed by atoms with E-state index >= 15 is 0 Å². The summed E-state index contributed by atoms with van der Waals surface area (Å²) in [7, 11) is 1.78. The van der Waals surface area contributed by atoms with Crippen molar-refractivity contribution in [3.8, 4) is 5.69 Å². The van der Waals surface area contributed by atoms with Crippen molar-refractivity contribution in [1.29, 1.82) is 0 Å². The quantitative estimate of drug-likeness (QED) is 0.384. The molecule has 7 nitrogen and oxygen atoms in total. The number of aromatic nitrogens is 5. The summed E-state index contributed by atoms with van der Waals surface area (Å²) in [5, 5.41) is 9.12. The van der Waals surface area contributed by atoms with E-state index in [0.717, 1.165) is 59.9 Å². The van der Waals surface area contributed by atoms with Gasteiger partial charge in [0.1, 0.15) is 0 Å². The highest BCUT2D eigenvalue weighted by Crippen LogP contribution is 2.34. The van der Waals surface area contributed by atoms with E-state index < -0.39 is 11.7 Å². The third-order valence-electron chi connectivity index (χ3n) is 6.78. The molecule has 1 aliphatic heterocycles. The summed E-state index contributed by atoms with van der Waals surface area (Å²) < 4.78 is 44.8. The number of rotatable bonds is 4. The smallest absolute Gasteiger partial charge is 0.346 e. The van der Waals surface area contributed by atoms with Gasteiger partial charge in [0, 0.05) is 47.5 Å². The van der Waals surface area contributed by atoms with Crippen molar-refractivity contribution in [2.45, 2.75) is 38.5 Å². The van der Waals surface area contributed by atoms with E-state index in [1.807, 2.05) is 23.2 Å². The highest BCUT2D eigenvalue weighted by Gasteiger charge is 2.30. The molecule has 0 bridgehead atoms. The van der Waals surface area contributed by atoms with Gasteiger partial charge in [0.15, 0.2) is 5.65 Å². The number of carbonyl (C=O) groups excluding carboxylic acids is 1. The second-order valence-corrected chi connectivity index (χ2v) is 9.12. The zero-order valence-corrected chi connectivity index (χ0v) is 19.5. The maximum atomic E-state index is 13.1. The van der Waals surface area contributed by atoms with Gasteiger partial charge >= 0.3 is 6.18 Å². The molecule has 0 saturated heterocycles. The molecule has 1 N–H and O–H groups in total. The molecule has 0 atom stereocenters. The topological polar surface area (TPSA) is 69.7 Å². The SMILES string of the molecule is Cn1cc2c3cc(C(=O)NCc4ncn5c4CCCC5)ccc3n(-c3ccc(C(F)(F)F)cc3)c2n1. The van der Waals surface area contributed by atoms with Crippen molar-refractivity contribution in [3.63, 3.8) is 0 Å². The van der Waals surface area contributed by atoms with E-state index in [1.165, 1.54) is 17.8 Å². The van der Waals surface area contributed by atoms with Crippen LogP contribution in [0.15, 0.2) is 55.0 Å². The number of imidazole rings is 1. The predicted octanol–water partition coefficient (Wildman–Crippen LogP) is 5.00. The van der Waals surface area contributed by atoms with Crippen LogP contribution in [0.4, 0.5) is 13.2 Å². The number of nitrogens with one attached hydrogen (secondary N) is 1. The summed E-state index contributed by atoms with van der Waals surface area (Å²) in [4.78, 5) is 17.5. The van der Waals surface area contributed by atoms with Gasteiger partial charge < -0.3 is 9.88 Å². The lowest BCUT2D eigenvalue weighted by Gasteiger charge is -2.15. The Morgan fingerprint density at radius 3 is 2.67 bits per heavy atom. The van der Waals surface area contributed by atoms with Crippen LogP contribution in [0.1, 0.15) is 40.2 Å². The number of halogens is 3. The third-order valence-corrected chi connectivity index (χ3v) is 6.78. The monoisotopic (exact) mass is 492 g/mol. The van der Waals surface area contributed by atoms with Crippen LogP contribution in [0.5, 0.6) is 0 Å². The van der Waals surface area contributed by atoms with Gasteiger partial charge in [-0.1, -0.05) is 0 Å². The molecule has 36 heavy (non-hydrogen) atoms. The summed E-state index contributed by atoms with van der Waals surface area (Å²) in [5.74, 6) is -0.214. The zero-order valence-electron chi connectivity index (χ0n) is 19.5. The van der Waals surface area contributed by atoms with Crippen LogP contribution in [0, 0.1) is 0 Å². The molecular weight excluding hydrogens is 469 g/mol. The number of hydrogen-bond donors (Lipinski definition) is 1. The number of alkyl halides is 3. The average molecular weight is 493 g/mol. The van der Waals surface area contributed by atoms with Gasteiger partial charge in [-0.3, -0.25) is 14.0 Å². The van der Waals surface area contributed by atoms with E-state index in [-0.39, 0.29) is 5.91 Å². The molecular formula is C26H23F3N6O. The molecule has 0 saturated carbocycles. The number of fused-ring (bicyclic) bond motifs is 4. The molecule has 3 aromatic heterocycles. The van der Waals surface area contributed by atoms with Gasteiger partial charge in [-0.2, -0.15) is 18.3 Å². The van der Waals surface area contributed by atoms with Crippen LogP contribution in [-0.4, -0.2) is 29.8 Å². The van der Waals surface area contributed by atoms with Gasteiger partial charge in [0.05, 0.1) is 29.6 Å². The molecule has 5 aromatic rings. The van der Waals surface area contributed by atoms with Gasteiger partial charge in [-0.05, 0) is 61.7 Å². The predicted molar refractivity (Wildman–Crippen MR) is 129 cm³/mol. The second kappa shape index (κ2) is 8.25. The molecule has 6 rings (SSSR count). The number of amides is 1. The Labute approximate surface area is 204 Å². The Morgan fingerprint density at radius 2 is 1.89 bits per heavy atom. The fourth-order valence-electron chi connectivity index (χ4n) is 5.01. The fraction of sp³-hybridized carbons (Fsp3) is 0.269. The Bertz CT molecular complexity index is 1610. The molecule has 10 heteroatoms. The zero-order chi connectivity index (χ0) is 25.0. The number of benzene rings is 2. The lowest BCUT2D eigenvalue weighted by Crippen LogP contribution is -2.24. The summed E-state index contributed by atoms with van der Waals surface area (Å²) in [6.07, 6.45) is 2.51. The molecule has 2 aromatic carbocycles. The van der Waals surface area contributed by atoms with Crippen molar-refractivity contribution in [2.24, 2.45) is 7.05 Å². The first-order chi connectivity index (χ1) is 17.3. The number of hydrogen-bond acceptors (Lipinski definition) is 3. The standard InChI is InChI=1S/C26H23F3N6O/c1-33-14-20-19-12-16(25(36)30-13-21-23-4-2-3-11-34(23)15-31-21)5-10-22(19)35(24(20)32-33)18-8-6-17(7-9-18)26(27,28)29/h5-10,12,14-15H,2-4,11,13H2,1H3,(H,30,36). The van der Waals surface area contributed by atoms with E-state index in [0.29, 0.717) is 23.4 Å². The second-order valence-electron chi connectivity index (χ2n) is 9.12. The van der Waals surface area contributed by atoms with Gasteiger partial charge in [0.2, 0.25) is 0 Å². The first-order valence-electron chi connectivity index (χ1n) is 11.8. The highest BCUT2D eigenvalue weighted by molar-refractivity contribution is 6.10. The average Bonchev–Trinajstić information content (AvgIpc) is 3.53. The highest BCUT2D eigenvalue weighted by atomic mass is 19.4. The van der Waals surface area contributed by atoms with Crippen molar-refractivity contribution < 1.29 is 18.0 Å². The molecule has 4 heterocycles. The Hall–Kier alpha value is -4.08. The number of nitrogens with zero attached hydrogens (tertiary/aromatic N) is 5. The van der Waals surface area contributed by atoms with Crippen LogP contribution >= 0.6 is 0 Å². The van der Waals surface area contributed by atoms with Crippen LogP contribution < -0.4 is 5.32 Å². The van der Waals surface area contributed by atoms with Crippen molar-refractivity contribution in [1.82, 2.24) is 29.2 Å². The maximum Gasteiger partial charge on any atom is 0.416 e. The fourth-order valence-corrected chi connectivity index (χ4v) is 5.01. The minimum atomic E-state index is -4.41. The number of carbonyl (C=O) groups is 1. The van der Waals surface area contributed by atoms with Crippen LogP contribution in [0.2, 0.25) is 0 Å². The van der Waals surface area contributed by atoms with E-state index in [2.05, 4.69) is 20.0 Å². The van der Waals surface area contributed by atoms with E-state index in [1.54, 1.807) is 23.9 Å². The molecule has 0 radical (unpaired) electrons. The Balaban J connectivity index is 1.34. The summed E-state index contributed by atoms with van der Waals surface area (Å²) in [5.41, 5.74) is 3.78. The van der Waals surface area contributed by atoms with E-state index in [4.69, 9.17) is 0 Å². The first-order valence-corrected chi connectivity index (χ1v) is 11.8. The molecule has 1 aliphatic rings. The minimum Gasteiger partial charge on any atom is -0.346 e. The summed E-state index contributed by atoms with van der Waals surface area (Å²) in [6.45, 7) is 1.32. The minimum absolute atomic E-state index is 0.214. The summed E-state index contributed by atoms with van der Waals surface area (Å²) >= 11 is 0. The largest absolute Gasteiger partial charge is 0.416 e. The van der Waals surface area contributed by atoms with Crippen molar-refractivity contribution in [2.75, 3.05) is 0 Å². The normalized spacial score (nSPS) is 13.9. The third kappa shape index (κ3) is 3.73. The van der Waals surface area contributed by atoms with Gasteiger partial charge in [-0.15, -0.1) is 0 Å². The lowest BCUT2D eigenvalue weighted by molar-refractivity contribution is -0.137. The first kappa shape index (κ1) is 22.4. The Kier molecular flexibility index (Phi) is 5.13. The van der Waals surface area contributed by atoms with Crippen molar-refractivity contribution in [3.05, 3.63) is 77.5 Å². The van der Waals surface area contributed by atoms with Crippen LogP contribution in [0.3, 0.4) is 0 Å². The molecule has 1 amide bonds. The maximum absolute atomic E-state index is 13.1.